The van der Waals surface area contributed by atoms with Gasteiger partial charge >= 0.3 is 0 Å². The lowest BCUT2D eigenvalue weighted by Gasteiger charge is -1.93. The maximum absolute atomic E-state index is 3.57. The van der Waals surface area contributed by atoms with Crippen LogP contribution in [0.4, 0.5) is 0 Å². The Labute approximate surface area is 57.5 Å². The molecule has 0 rings (SSSR count). The highest BCUT2D eigenvalue weighted by atomic mass is 14.8. The SMILES string of the molecule is C=C/C=C/CCNCC. The minimum Gasteiger partial charge on any atom is -0.317 e. The topological polar surface area (TPSA) is 12.0 Å². The van der Waals surface area contributed by atoms with Gasteiger partial charge in [0, 0.05) is 0 Å². The molecular weight excluding hydrogens is 110 g/mol. The van der Waals surface area contributed by atoms with Crippen LogP contribution >= 0.6 is 0 Å². The van der Waals surface area contributed by atoms with E-state index in [4.69, 9.17) is 0 Å². The largest absolute Gasteiger partial charge is 0.317 e. The molecule has 1 heteroatoms. The van der Waals surface area contributed by atoms with Crippen molar-refractivity contribution in [2.24, 2.45) is 0 Å². The minimum atomic E-state index is 1.06. The molecule has 0 aliphatic carbocycles. The molecule has 0 aliphatic rings. The van der Waals surface area contributed by atoms with Gasteiger partial charge in [0.05, 0.1) is 0 Å². The second-order valence-corrected chi connectivity index (χ2v) is 1.81. The van der Waals surface area contributed by atoms with Crippen LogP contribution in [0.15, 0.2) is 24.8 Å². The standard InChI is InChI=1S/C8H15N/c1-3-5-6-7-8-9-4-2/h3,5-6,9H,1,4,7-8H2,2H3/b6-5+. The summed E-state index contributed by atoms with van der Waals surface area (Å²) in [6.07, 6.45) is 6.97. The first-order chi connectivity index (χ1) is 4.41. The van der Waals surface area contributed by atoms with Crippen LogP contribution in [0.3, 0.4) is 0 Å². The highest BCUT2D eigenvalue weighted by Crippen LogP contribution is 1.79. The molecule has 0 fully saturated rings. The summed E-state index contributed by atoms with van der Waals surface area (Å²) in [6, 6.07) is 0. The molecule has 52 valence electrons. The third-order valence-electron chi connectivity index (χ3n) is 1.01. The summed E-state index contributed by atoms with van der Waals surface area (Å²) in [7, 11) is 0. The van der Waals surface area contributed by atoms with Crippen LogP contribution < -0.4 is 5.32 Å². The van der Waals surface area contributed by atoms with Crippen molar-refractivity contribution >= 4 is 0 Å². The van der Waals surface area contributed by atoms with Crippen molar-refractivity contribution in [1.29, 1.82) is 0 Å². The highest BCUT2D eigenvalue weighted by molar-refractivity contribution is 4.96. The summed E-state index contributed by atoms with van der Waals surface area (Å²) >= 11 is 0. The number of nitrogens with one attached hydrogen (secondary N) is 1. The molecule has 0 aromatic rings. The van der Waals surface area contributed by atoms with E-state index in [0.29, 0.717) is 0 Å². The maximum atomic E-state index is 3.57. The number of hydrogen-bond donors (Lipinski definition) is 1. The Morgan fingerprint density at radius 3 is 2.89 bits per heavy atom. The van der Waals surface area contributed by atoms with Gasteiger partial charge in [-0.1, -0.05) is 31.7 Å². The van der Waals surface area contributed by atoms with E-state index in [-0.39, 0.29) is 0 Å². The van der Waals surface area contributed by atoms with Crippen molar-refractivity contribution in [3.05, 3.63) is 24.8 Å². The van der Waals surface area contributed by atoms with E-state index >= 15 is 0 Å². The van der Waals surface area contributed by atoms with Gasteiger partial charge in [0.15, 0.2) is 0 Å². The smallest absolute Gasteiger partial charge is 0.00143 e. The number of hydrogen-bond acceptors (Lipinski definition) is 1. The first kappa shape index (κ1) is 8.44. The van der Waals surface area contributed by atoms with E-state index in [1.54, 1.807) is 6.08 Å². The second kappa shape index (κ2) is 7.44. The zero-order valence-corrected chi connectivity index (χ0v) is 6.06. The van der Waals surface area contributed by atoms with Gasteiger partial charge in [0.1, 0.15) is 0 Å². The van der Waals surface area contributed by atoms with Gasteiger partial charge in [-0.3, -0.25) is 0 Å². The highest BCUT2D eigenvalue weighted by Gasteiger charge is 1.75. The predicted octanol–water partition coefficient (Wildman–Crippen LogP) is 1.73. The zero-order valence-electron chi connectivity index (χ0n) is 6.06. The fraction of sp³-hybridized carbons (Fsp3) is 0.500. The summed E-state index contributed by atoms with van der Waals surface area (Å²) in [4.78, 5) is 0. The molecule has 1 N–H and O–H groups in total. The molecule has 0 heterocycles. The molecule has 0 atom stereocenters. The van der Waals surface area contributed by atoms with Gasteiger partial charge in [-0.2, -0.15) is 0 Å². The summed E-state index contributed by atoms with van der Waals surface area (Å²) in [5.74, 6) is 0. The average Bonchev–Trinajstić information content (AvgIpc) is 1.89. The molecule has 0 bridgehead atoms. The fourth-order valence-corrected chi connectivity index (χ4v) is 0.555. The van der Waals surface area contributed by atoms with Crippen molar-refractivity contribution in [2.75, 3.05) is 13.1 Å². The monoisotopic (exact) mass is 125 g/mol. The Kier molecular flexibility index (Phi) is 6.98. The molecule has 0 aromatic carbocycles. The molecule has 9 heavy (non-hydrogen) atoms. The molecule has 0 amide bonds. The first-order valence-electron chi connectivity index (χ1n) is 3.40. The van der Waals surface area contributed by atoms with E-state index in [9.17, 15) is 0 Å². The first-order valence-corrected chi connectivity index (χ1v) is 3.40. The van der Waals surface area contributed by atoms with Crippen LogP contribution in [0.25, 0.3) is 0 Å². The normalized spacial score (nSPS) is 10.3. The van der Waals surface area contributed by atoms with Gasteiger partial charge < -0.3 is 5.32 Å². The Morgan fingerprint density at radius 1 is 1.56 bits per heavy atom. The van der Waals surface area contributed by atoms with Crippen molar-refractivity contribution in [2.45, 2.75) is 13.3 Å². The lowest BCUT2D eigenvalue weighted by Crippen LogP contribution is -2.12. The Balaban J connectivity index is 2.90. The Bertz CT molecular complexity index is 84.6. The van der Waals surface area contributed by atoms with Crippen LogP contribution in [0.5, 0.6) is 0 Å². The Morgan fingerprint density at radius 2 is 2.33 bits per heavy atom. The summed E-state index contributed by atoms with van der Waals surface area (Å²) in [5.41, 5.74) is 0. The van der Waals surface area contributed by atoms with Crippen LogP contribution in [0.2, 0.25) is 0 Å². The van der Waals surface area contributed by atoms with Gasteiger partial charge in [0.25, 0.3) is 0 Å². The molecule has 0 aromatic heterocycles. The van der Waals surface area contributed by atoms with Crippen molar-refractivity contribution in [1.82, 2.24) is 5.32 Å². The molecule has 0 spiro atoms. The van der Waals surface area contributed by atoms with Crippen LogP contribution in [-0.4, -0.2) is 13.1 Å². The summed E-state index contributed by atoms with van der Waals surface area (Å²) in [6.45, 7) is 7.81. The lowest BCUT2D eigenvalue weighted by molar-refractivity contribution is 0.726. The predicted molar refractivity (Wildman–Crippen MR) is 42.5 cm³/mol. The molecule has 0 radical (unpaired) electrons. The third kappa shape index (κ3) is 7.44. The van der Waals surface area contributed by atoms with Crippen molar-refractivity contribution in [3.63, 3.8) is 0 Å². The van der Waals surface area contributed by atoms with E-state index < -0.39 is 0 Å². The molecule has 0 saturated carbocycles. The number of allylic oxidation sites excluding steroid dienone is 2. The Hall–Kier alpha value is -0.560. The fourth-order valence-electron chi connectivity index (χ4n) is 0.555. The van der Waals surface area contributed by atoms with Gasteiger partial charge in [-0.15, -0.1) is 0 Å². The van der Waals surface area contributed by atoms with Crippen molar-refractivity contribution in [3.8, 4) is 0 Å². The van der Waals surface area contributed by atoms with E-state index in [0.717, 1.165) is 19.5 Å². The van der Waals surface area contributed by atoms with Gasteiger partial charge in [-0.05, 0) is 19.5 Å². The lowest BCUT2D eigenvalue weighted by atomic mass is 10.3. The van der Waals surface area contributed by atoms with Crippen LogP contribution in [-0.2, 0) is 0 Å². The molecule has 1 nitrogen and oxygen atoms in total. The van der Waals surface area contributed by atoms with Crippen LogP contribution in [0, 0.1) is 0 Å². The number of rotatable bonds is 5. The van der Waals surface area contributed by atoms with Crippen molar-refractivity contribution < 1.29 is 0 Å². The molecule has 0 saturated heterocycles. The summed E-state index contributed by atoms with van der Waals surface area (Å²) in [5, 5.41) is 3.22. The average molecular weight is 125 g/mol. The van der Waals surface area contributed by atoms with Gasteiger partial charge in [-0.25, -0.2) is 0 Å². The molecule has 0 aliphatic heterocycles. The zero-order chi connectivity index (χ0) is 6.95. The second-order valence-electron chi connectivity index (χ2n) is 1.81. The van der Waals surface area contributed by atoms with E-state index in [1.165, 1.54) is 0 Å². The van der Waals surface area contributed by atoms with E-state index in [2.05, 4.69) is 24.9 Å². The van der Waals surface area contributed by atoms with E-state index in [1.807, 2.05) is 6.08 Å². The van der Waals surface area contributed by atoms with Crippen LogP contribution in [0.1, 0.15) is 13.3 Å². The molecule has 0 unspecified atom stereocenters. The minimum absolute atomic E-state index is 1.06. The van der Waals surface area contributed by atoms with Gasteiger partial charge in [0.2, 0.25) is 0 Å². The maximum Gasteiger partial charge on any atom is -0.00143 e. The molecular formula is C8H15N. The third-order valence-corrected chi connectivity index (χ3v) is 1.01. The summed E-state index contributed by atoms with van der Waals surface area (Å²) < 4.78 is 0. The quantitative estimate of drug-likeness (QED) is 0.436.